The molecule has 1 aliphatic rings. The molecule has 0 spiro atoms. The summed E-state index contributed by atoms with van der Waals surface area (Å²) in [5.74, 6) is -0.453. The van der Waals surface area contributed by atoms with Crippen LogP contribution < -0.4 is 5.43 Å². The van der Waals surface area contributed by atoms with Gasteiger partial charge in [-0.1, -0.05) is 12.1 Å². The topological polar surface area (TPSA) is 56.1 Å². The standard InChI is InChI=1S/C14H14F3N3O/c1-13(2)7-11(21)19-20(13)12(14(15,16)17)10-5-3-4-9(6-10)8-18/h3-6,12H,7H2,1-2H3,(H,19,21)/t12-/m0/s1. The highest BCUT2D eigenvalue weighted by Gasteiger charge is 2.52. The van der Waals surface area contributed by atoms with Gasteiger partial charge in [0.2, 0.25) is 5.91 Å². The molecule has 0 saturated carbocycles. The second-order valence-corrected chi connectivity index (χ2v) is 5.58. The van der Waals surface area contributed by atoms with E-state index >= 15 is 0 Å². The van der Waals surface area contributed by atoms with E-state index in [9.17, 15) is 18.0 Å². The molecule has 7 heteroatoms. The van der Waals surface area contributed by atoms with E-state index in [0.717, 1.165) is 5.01 Å². The van der Waals surface area contributed by atoms with Crippen molar-refractivity contribution in [1.29, 1.82) is 5.26 Å². The molecule has 1 atom stereocenters. The molecule has 4 nitrogen and oxygen atoms in total. The highest BCUT2D eigenvalue weighted by atomic mass is 19.4. The Morgan fingerprint density at radius 3 is 2.57 bits per heavy atom. The third-order valence-corrected chi connectivity index (χ3v) is 3.39. The summed E-state index contributed by atoms with van der Waals surface area (Å²) >= 11 is 0. The number of amides is 1. The largest absolute Gasteiger partial charge is 0.409 e. The normalized spacial score (nSPS) is 19.9. The van der Waals surface area contributed by atoms with E-state index in [-0.39, 0.29) is 17.5 Å². The van der Waals surface area contributed by atoms with Gasteiger partial charge in [0.1, 0.15) is 0 Å². The summed E-state index contributed by atoms with van der Waals surface area (Å²) in [7, 11) is 0. The van der Waals surface area contributed by atoms with Crippen LogP contribution in [0.15, 0.2) is 24.3 Å². The highest BCUT2D eigenvalue weighted by Crippen LogP contribution is 2.42. The minimum absolute atomic E-state index is 0.0163. The maximum atomic E-state index is 13.5. The molecule has 1 saturated heterocycles. The number of nitriles is 1. The van der Waals surface area contributed by atoms with Crippen LogP contribution in [0.4, 0.5) is 13.2 Å². The number of carbonyl (C=O) groups is 1. The van der Waals surface area contributed by atoms with Crippen molar-refractivity contribution in [2.75, 3.05) is 0 Å². The van der Waals surface area contributed by atoms with E-state index in [4.69, 9.17) is 5.26 Å². The molecule has 0 aromatic heterocycles. The van der Waals surface area contributed by atoms with Crippen molar-refractivity contribution in [3.63, 3.8) is 0 Å². The van der Waals surface area contributed by atoms with Crippen LogP contribution in [-0.2, 0) is 4.79 Å². The lowest BCUT2D eigenvalue weighted by molar-refractivity contribution is -0.203. The molecule has 0 unspecified atom stereocenters. The lowest BCUT2D eigenvalue weighted by Crippen LogP contribution is -2.51. The average molecular weight is 297 g/mol. The molecule has 0 aliphatic carbocycles. The zero-order valence-corrected chi connectivity index (χ0v) is 11.5. The van der Waals surface area contributed by atoms with Crippen molar-refractivity contribution in [1.82, 2.24) is 10.4 Å². The van der Waals surface area contributed by atoms with E-state index in [2.05, 4.69) is 5.43 Å². The first kappa shape index (κ1) is 15.3. The van der Waals surface area contributed by atoms with Gasteiger partial charge in [-0.2, -0.15) is 23.4 Å². The lowest BCUT2D eigenvalue weighted by atomic mass is 9.96. The van der Waals surface area contributed by atoms with Gasteiger partial charge in [-0.3, -0.25) is 10.2 Å². The summed E-state index contributed by atoms with van der Waals surface area (Å²) < 4.78 is 40.5. The molecule has 1 heterocycles. The molecule has 1 aromatic rings. The van der Waals surface area contributed by atoms with Crippen LogP contribution in [0, 0.1) is 11.3 Å². The lowest BCUT2D eigenvalue weighted by Gasteiger charge is -2.37. The Morgan fingerprint density at radius 1 is 1.43 bits per heavy atom. The van der Waals surface area contributed by atoms with Crippen LogP contribution in [0.5, 0.6) is 0 Å². The number of nitrogens with one attached hydrogen (secondary N) is 1. The quantitative estimate of drug-likeness (QED) is 0.913. The summed E-state index contributed by atoms with van der Waals surface area (Å²) in [5.41, 5.74) is 1.38. The molecule has 1 amide bonds. The third-order valence-electron chi connectivity index (χ3n) is 3.39. The smallest absolute Gasteiger partial charge is 0.287 e. The first-order valence-corrected chi connectivity index (χ1v) is 6.31. The summed E-state index contributed by atoms with van der Waals surface area (Å²) in [6.07, 6.45) is -4.60. The van der Waals surface area contributed by atoms with E-state index in [1.54, 1.807) is 13.8 Å². The minimum Gasteiger partial charge on any atom is -0.287 e. The second kappa shape index (κ2) is 5.04. The van der Waals surface area contributed by atoms with Crippen LogP contribution in [-0.4, -0.2) is 22.6 Å². The van der Waals surface area contributed by atoms with Gasteiger partial charge < -0.3 is 0 Å². The summed E-state index contributed by atoms with van der Waals surface area (Å²) in [4.78, 5) is 11.5. The second-order valence-electron chi connectivity index (χ2n) is 5.58. The van der Waals surface area contributed by atoms with Crippen LogP contribution in [0.2, 0.25) is 0 Å². The summed E-state index contributed by atoms with van der Waals surface area (Å²) in [6.45, 7) is 3.13. The number of hydrazine groups is 1. The first-order valence-electron chi connectivity index (χ1n) is 6.31. The third kappa shape index (κ3) is 3.00. The molecule has 0 radical (unpaired) electrons. The summed E-state index contributed by atoms with van der Waals surface area (Å²) in [5, 5.41) is 9.76. The molecular weight excluding hydrogens is 283 g/mol. The molecule has 112 valence electrons. The number of rotatable bonds is 2. The highest BCUT2D eigenvalue weighted by molar-refractivity contribution is 5.79. The maximum Gasteiger partial charge on any atom is 0.409 e. The SMILES string of the molecule is CC1(C)CC(=O)NN1[C@@H](c1cccc(C#N)c1)C(F)(F)F. The van der Waals surface area contributed by atoms with Crippen LogP contribution >= 0.6 is 0 Å². The van der Waals surface area contributed by atoms with Gasteiger partial charge in [0.25, 0.3) is 0 Å². The zero-order chi connectivity index (χ0) is 15.8. The Labute approximate surface area is 120 Å². The van der Waals surface area contributed by atoms with Crippen LogP contribution in [0.1, 0.15) is 37.4 Å². The molecule has 1 fully saturated rings. The number of carbonyl (C=O) groups excluding carboxylic acids is 1. The number of hydrogen-bond donors (Lipinski definition) is 1. The molecular formula is C14H14F3N3O. The van der Waals surface area contributed by atoms with Crippen molar-refractivity contribution >= 4 is 5.91 Å². The van der Waals surface area contributed by atoms with Gasteiger partial charge in [-0.15, -0.1) is 0 Å². The van der Waals surface area contributed by atoms with Crippen molar-refractivity contribution in [3.8, 4) is 6.07 Å². The van der Waals surface area contributed by atoms with E-state index in [0.29, 0.717) is 0 Å². The van der Waals surface area contributed by atoms with E-state index in [1.807, 2.05) is 6.07 Å². The number of hydrogen-bond acceptors (Lipinski definition) is 3. The van der Waals surface area contributed by atoms with Gasteiger partial charge in [0, 0.05) is 12.0 Å². The molecule has 1 aliphatic heterocycles. The molecule has 0 bridgehead atoms. The van der Waals surface area contributed by atoms with Crippen molar-refractivity contribution < 1.29 is 18.0 Å². The number of halogens is 3. The van der Waals surface area contributed by atoms with E-state index < -0.39 is 23.7 Å². The number of nitrogens with zero attached hydrogens (tertiary/aromatic N) is 2. The molecule has 1 N–H and O–H groups in total. The fourth-order valence-electron chi connectivity index (χ4n) is 2.48. The maximum absolute atomic E-state index is 13.5. The Kier molecular flexibility index (Phi) is 3.68. The van der Waals surface area contributed by atoms with E-state index in [1.165, 1.54) is 24.3 Å². The monoisotopic (exact) mass is 297 g/mol. The van der Waals surface area contributed by atoms with Gasteiger partial charge >= 0.3 is 6.18 Å². The van der Waals surface area contributed by atoms with Crippen LogP contribution in [0.3, 0.4) is 0 Å². The predicted molar refractivity (Wildman–Crippen MR) is 68.6 cm³/mol. The first-order chi connectivity index (χ1) is 9.65. The van der Waals surface area contributed by atoms with Gasteiger partial charge in [-0.25, -0.2) is 0 Å². The van der Waals surface area contributed by atoms with Gasteiger partial charge in [0.05, 0.1) is 11.6 Å². The van der Waals surface area contributed by atoms with Gasteiger partial charge in [0.15, 0.2) is 6.04 Å². The fraction of sp³-hybridized carbons (Fsp3) is 0.429. The molecule has 21 heavy (non-hydrogen) atoms. The van der Waals surface area contributed by atoms with Gasteiger partial charge in [-0.05, 0) is 31.5 Å². The summed E-state index contributed by atoms with van der Waals surface area (Å²) in [6, 6.07) is 5.16. The Hall–Kier alpha value is -2.07. The molecule has 1 aromatic carbocycles. The minimum atomic E-state index is -4.58. The van der Waals surface area contributed by atoms with Crippen molar-refractivity contribution in [2.24, 2.45) is 0 Å². The Balaban J connectivity index is 2.50. The number of benzene rings is 1. The van der Waals surface area contributed by atoms with Crippen molar-refractivity contribution in [2.45, 2.75) is 38.0 Å². The van der Waals surface area contributed by atoms with Crippen molar-refractivity contribution in [3.05, 3.63) is 35.4 Å². The Morgan fingerprint density at radius 2 is 2.10 bits per heavy atom. The fourth-order valence-corrected chi connectivity index (χ4v) is 2.48. The van der Waals surface area contributed by atoms with Crippen LogP contribution in [0.25, 0.3) is 0 Å². The average Bonchev–Trinajstić information content (AvgIpc) is 2.61. The Bertz CT molecular complexity index is 604. The number of alkyl halides is 3. The predicted octanol–water partition coefficient (Wildman–Crippen LogP) is 2.68. The zero-order valence-electron chi connectivity index (χ0n) is 11.5. The molecule has 2 rings (SSSR count).